The highest BCUT2D eigenvalue weighted by atomic mass is 14.4. The topological polar surface area (TPSA) is 0 Å². The van der Waals surface area contributed by atoms with E-state index in [1.54, 1.807) is 178 Å². The molecule has 2 aromatic rings. The van der Waals surface area contributed by atoms with Gasteiger partial charge in [-0.25, -0.2) is 0 Å². The molecule has 2 aromatic carbocycles. The summed E-state index contributed by atoms with van der Waals surface area (Å²) in [6, 6.07) is 18.9. The smallest absolute Gasteiger partial charge is 0 e. The van der Waals surface area contributed by atoms with E-state index in [0.717, 1.165) is 142 Å². The average molecular weight is 1650 g/mol. The molecule has 14 rings (SSSR count). The first-order valence-electron chi connectivity index (χ1n) is 56.0. The van der Waals surface area contributed by atoms with Crippen molar-refractivity contribution >= 4 is 0 Å². The Balaban J connectivity index is -0.000000723. The van der Waals surface area contributed by atoms with Crippen LogP contribution >= 0.6 is 0 Å². The minimum atomic E-state index is 0. The predicted octanol–water partition coefficient (Wildman–Crippen LogP) is 42.1. The number of unbranched alkanes of at least 4 members (excludes halogenated alkanes) is 4. The summed E-state index contributed by atoms with van der Waals surface area (Å²) in [5, 5.41) is 0. The van der Waals surface area contributed by atoms with Crippen molar-refractivity contribution in [1.29, 1.82) is 0 Å². The summed E-state index contributed by atoms with van der Waals surface area (Å²) in [6.45, 7) is 28.0. The monoisotopic (exact) mass is 1650 g/mol. The van der Waals surface area contributed by atoms with E-state index in [1.807, 2.05) is 0 Å². The van der Waals surface area contributed by atoms with Crippen LogP contribution in [-0.2, 0) is 6.42 Å². The zero-order chi connectivity index (χ0) is 83.3. The summed E-state index contributed by atoms with van der Waals surface area (Å²) < 4.78 is 0. The summed E-state index contributed by atoms with van der Waals surface area (Å²) in [5.41, 5.74) is 6.11. The van der Waals surface area contributed by atoms with Crippen LogP contribution in [0.3, 0.4) is 0 Å². The van der Waals surface area contributed by atoms with Gasteiger partial charge in [0.25, 0.3) is 0 Å². The van der Waals surface area contributed by atoms with Crippen LogP contribution in [0.15, 0.2) is 48.5 Å². The fraction of sp³-hybridized carbons (Fsp3) is 0.898. The first-order chi connectivity index (χ1) is 57.8. The maximum Gasteiger partial charge on any atom is 0 e. The lowest BCUT2D eigenvalue weighted by atomic mass is 9.68. The lowest BCUT2D eigenvalue weighted by Crippen LogP contribution is -2.25. The Morgan fingerprint density at radius 3 is 0.619 bits per heavy atom. The molecule has 12 aliphatic rings. The molecule has 0 amide bonds. The zero-order valence-electron chi connectivity index (χ0n) is 82.0. The molecule has 0 heterocycles. The van der Waals surface area contributed by atoms with E-state index < -0.39 is 0 Å². The van der Waals surface area contributed by atoms with E-state index in [9.17, 15) is 0 Å². The first-order valence-corrected chi connectivity index (χ1v) is 56.0. The second-order valence-electron chi connectivity index (χ2n) is 45.4. The molecule has 0 bridgehead atoms. The van der Waals surface area contributed by atoms with Gasteiger partial charge in [-0.2, -0.15) is 0 Å². The highest BCUT2D eigenvalue weighted by Gasteiger charge is 2.37. The molecule has 0 N–H and O–H groups in total. The van der Waals surface area contributed by atoms with Crippen LogP contribution < -0.4 is 0 Å². The first kappa shape index (κ1) is 100. The third-order valence-electron chi connectivity index (χ3n) is 37.2. The van der Waals surface area contributed by atoms with Crippen molar-refractivity contribution in [2.75, 3.05) is 0 Å². The maximum atomic E-state index is 2.44. The third-order valence-corrected chi connectivity index (χ3v) is 37.2. The quantitative estimate of drug-likeness (QED) is 0.0684. The van der Waals surface area contributed by atoms with E-state index in [2.05, 4.69) is 132 Å². The van der Waals surface area contributed by atoms with Crippen molar-refractivity contribution < 1.29 is 17.1 Å². The van der Waals surface area contributed by atoms with E-state index in [4.69, 9.17) is 0 Å². The van der Waals surface area contributed by atoms with Gasteiger partial charge in [-0.3, -0.25) is 0 Å². The van der Waals surface area contributed by atoms with Crippen LogP contribution in [0.1, 0.15) is 570 Å². The Kier molecular flexibility index (Phi) is 49.9. The molecule has 0 heteroatoms. The third kappa shape index (κ3) is 35.9. The standard InChI is InChI=1S/C24H38.C22H34.C20H38.C19H36.C17H32.C16H30.12H2/c1-3-5-19-7-11-21(12-8-19)23-15-17-24(18-16-23)22-13-9-20(6-4-2)10-14-22;1-3-4-18-7-11-20(12-8-18)22-15-13-21(14-16-22)19-9-5-17(2)6-10-19;1-3-5-6-8-18-11-15-20(16-12-18)19-13-9-17(7-4-2)10-14-19;1-3-5-6-7-17-10-14-19(15-11-17)18-12-8-16(4-2)9-13-18;1-3-5-15-8-12-17(13-9-15)16-10-6-14(4-2)7-11-16;1-3-4-14-7-11-16(12-8-14)15-9-5-13(2)6-10-15;;;;;;;;;;;;/h7-8,11-12,20,22-24H,3-6,9-10,13-18H2,1-2H3;5-6,9-10,18,20-22H,3-4,7-8,11-16H2,1-2H3;17-20H,3-16H2,1-2H3;16-19H,3-15H2,1-2H3;14-17H,3-13H2,1-2H3;13-16H,3-12H2,1-2H3;12*1H. The van der Waals surface area contributed by atoms with E-state index in [1.165, 1.54) is 294 Å². The molecule has 0 unspecified atom stereocenters. The van der Waals surface area contributed by atoms with Gasteiger partial charge in [-0.15, -0.1) is 0 Å². The molecule has 0 saturated heterocycles. The van der Waals surface area contributed by atoms with Crippen molar-refractivity contribution in [3.8, 4) is 0 Å². The Labute approximate surface area is 758 Å². The molecule has 0 aromatic heterocycles. The summed E-state index contributed by atoms with van der Waals surface area (Å²) in [4.78, 5) is 0. The number of hydrogen-bond donors (Lipinski definition) is 0. The Morgan fingerprint density at radius 1 is 0.203 bits per heavy atom. The molecule has 12 saturated carbocycles. The summed E-state index contributed by atoms with van der Waals surface area (Å²) >= 11 is 0. The zero-order valence-corrected chi connectivity index (χ0v) is 82.0. The molecular weight excluding hydrogens is 1420 g/mol. The van der Waals surface area contributed by atoms with Crippen LogP contribution in [0.25, 0.3) is 0 Å². The normalized spacial score (nSPS) is 35.4. The van der Waals surface area contributed by atoms with Gasteiger partial charge < -0.3 is 0 Å². The molecule has 0 nitrogen and oxygen atoms in total. The van der Waals surface area contributed by atoms with E-state index in [0.29, 0.717) is 0 Å². The second kappa shape index (κ2) is 58.7. The van der Waals surface area contributed by atoms with Crippen molar-refractivity contribution in [3.63, 3.8) is 0 Å². The highest BCUT2D eigenvalue weighted by Crippen LogP contribution is 2.51. The average Bonchev–Trinajstić information content (AvgIpc) is 0.839. The SMILES string of the molecule is CCCC1CCC(C2CCC(C)CC2)CC1.CCCC1CCC(C2CCC(CC)CC2)CC1.CCCC1CCC(C2CCC(c3ccc(C)cc3)CC2)CC1.CCCCCC1CCC(C2CCC(CC)CC2)CC1.CCCCCC1CCC(C2CCC(CCC)CC2)CC1.CCCc1ccc(C2CCC(C3CCC(CCC)CC3)CC2)cc1.[HH].[HH].[HH].[HH].[HH].[HH].[HH].[HH].[HH].[HH].[HH].[HH]. The van der Waals surface area contributed by atoms with Gasteiger partial charge in [0.15, 0.2) is 0 Å². The predicted molar refractivity (Wildman–Crippen MR) is 550 cm³/mol. The highest BCUT2D eigenvalue weighted by molar-refractivity contribution is 5.27. The van der Waals surface area contributed by atoms with E-state index >= 15 is 0 Å². The maximum absolute atomic E-state index is 2.44. The molecule has 118 heavy (non-hydrogen) atoms. The molecule has 0 spiro atoms. The van der Waals surface area contributed by atoms with Gasteiger partial charge in [-0.05, 0) is 352 Å². The van der Waals surface area contributed by atoms with Gasteiger partial charge in [0.1, 0.15) is 0 Å². The number of hydrogen-bond acceptors (Lipinski definition) is 0. The minimum Gasteiger partial charge on any atom is -0.0654 e. The van der Waals surface area contributed by atoms with Crippen molar-refractivity contribution in [3.05, 3.63) is 70.8 Å². The van der Waals surface area contributed by atoms with E-state index in [-0.39, 0.29) is 17.1 Å². The summed E-state index contributed by atoms with van der Waals surface area (Å²) in [5.74, 6) is 25.5. The molecule has 12 aliphatic carbocycles. The molecule has 704 valence electrons. The second-order valence-corrected chi connectivity index (χ2v) is 45.4. The van der Waals surface area contributed by atoms with Gasteiger partial charge in [0, 0.05) is 17.1 Å². The van der Waals surface area contributed by atoms with Crippen LogP contribution in [0.5, 0.6) is 0 Å². The number of rotatable bonds is 30. The Morgan fingerprint density at radius 2 is 0.407 bits per heavy atom. The summed E-state index contributed by atoms with van der Waals surface area (Å²) in [6.07, 6.45) is 105. The number of benzene rings is 2. The largest absolute Gasteiger partial charge is 0.0654 e. The lowest BCUT2D eigenvalue weighted by Gasteiger charge is -2.38. The van der Waals surface area contributed by atoms with Crippen LogP contribution in [0.2, 0.25) is 0 Å². The van der Waals surface area contributed by atoms with Crippen LogP contribution in [0.4, 0.5) is 0 Å². The van der Waals surface area contributed by atoms with Crippen LogP contribution in [0, 0.1) is 137 Å². The molecular formula is C118H232. The lowest BCUT2D eigenvalue weighted by molar-refractivity contribution is 0.140. The Hall–Kier alpha value is -1.56. The molecule has 0 aliphatic heterocycles. The van der Waals surface area contributed by atoms with Gasteiger partial charge in [0.05, 0.1) is 0 Å². The van der Waals surface area contributed by atoms with Crippen LogP contribution in [-0.4, -0.2) is 0 Å². The number of aryl methyl sites for hydroxylation is 2. The summed E-state index contributed by atoms with van der Waals surface area (Å²) in [7, 11) is 0. The van der Waals surface area contributed by atoms with Crippen molar-refractivity contribution in [2.24, 2.45) is 130 Å². The van der Waals surface area contributed by atoms with Gasteiger partial charge in [-0.1, -0.05) is 394 Å². The molecule has 12 fully saturated rings. The molecule has 0 radical (unpaired) electrons. The Bertz CT molecular complexity index is 2690. The van der Waals surface area contributed by atoms with Crippen molar-refractivity contribution in [1.82, 2.24) is 0 Å². The fourth-order valence-corrected chi connectivity index (χ4v) is 28.9. The van der Waals surface area contributed by atoms with Gasteiger partial charge >= 0.3 is 0 Å². The van der Waals surface area contributed by atoms with Crippen molar-refractivity contribution in [2.45, 2.75) is 544 Å². The minimum absolute atomic E-state index is 0. The fourth-order valence-electron chi connectivity index (χ4n) is 28.9. The molecule has 0 atom stereocenters. The van der Waals surface area contributed by atoms with Gasteiger partial charge in [0.2, 0.25) is 0 Å².